The number of carboxylic acids is 1. The highest BCUT2D eigenvalue weighted by molar-refractivity contribution is 7.91. The molecule has 2 atom stereocenters. The van der Waals surface area contributed by atoms with Crippen LogP contribution in [0, 0.1) is 5.41 Å². The van der Waals surface area contributed by atoms with Crippen LogP contribution >= 0.6 is 0 Å². The molecule has 0 radical (unpaired) electrons. The third kappa shape index (κ3) is 3.29. The zero-order valence-electron chi connectivity index (χ0n) is 11.5. The molecule has 2 aliphatic heterocycles. The van der Waals surface area contributed by atoms with E-state index >= 15 is 0 Å². The maximum atomic E-state index is 12.1. The summed E-state index contributed by atoms with van der Waals surface area (Å²) in [6.07, 6.45) is 0.541. The van der Waals surface area contributed by atoms with Gasteiger partial charge in [0.2, 0.25) is 5.91 Å². The Labute approximate surface area is 118 Å². The molecule has 0 bridgehead atoms. The quantitative estimate of drug-likeness (QED) is 0.699. The topological polar surface area (TPSA) is 104 Å². The number of carboxylic acid groups (broad SMARTS) is 1. The molecular formula is C12H20N2O5S. The summed E-state index contributed by atoms with van der Waals surface area (Å²) >= 11 is 0. The third-order valence-corrected chi connectivity index (χ3v) is 5.80. The summed E-state index contributed by atoms with van der Waals surface area (Å²) in [5.74, 6) is -0.989. The Morgan fingerprint density at radius 2 is 2.15 bits per heavy atom. The number of carbonyl (C=O) groups excluding carboxylic acids is 1. The van der Waals surface area contributed by atoms with Crippen molar-refractivity contribution in [3.63, 3.8) is 0 Å². The fourth-order valence-electron chi connectivity index (χ4n) is 2.69. The normalized spacial score (nSPS) is 33.0. The van der Waals surface area contributed by atoms with Crippen LogP contribution in [0.2, 0.25) is 0 Å². The highest BCUT2D eigenvalue weighted by Gasteiger charge is 2.42. The van der Waals surface area contributed by atoms with E-state index < -0.39 is 21.2 Å². The molecule has 2 heterocycles. The Kier molecular flexibility index (Phi) is 4.06. The van der Waals surface area contributed by atoms with Crippen LogP contribution in [-0.2, 0) is 19.4 Å². The first-order chi connectivity index (χ1) is 9.22. The van der Waals surface area contributed by atoms with Gasteiger partial charge in [0.25, 0.3) is 0 Å². The lowest BCUT2D eigenvalue weighted by molar-refractivity contribution is -0.147. The Morgan fingerprint density at radius 1 is 1.45 bits per heavy atom. The zero-order valence-corrected chi connectivity index (χ0v) is 12.3. The first-order valence-electron chi connectivity index (χ1n) is 6.67. The summed E-state index contributed by atoms with van der Waals surface area (Å²) in [4.78, 5) is 24.8. The van der Waals surface area contributed by atoms with E-state index in [-0.39, 0.29) is 36.4 Å². The molecule has 7 nitrogen and oxygen atoms in total. The van der Waals surface area contributed by atoms with E-state index in [1.807, 2.05) is 0 Å². The van der Waals surface area contributed by atoms with Gasteiger partial charge in [-0.25, -0.2) is 8.42 Å². The molecule has 0 aliphatic carbocycles. The number of aliphatic carboxylic acids is 1. The second kappa shape index (κ2) is 5.33. The van der Waals surface area contributed by atoms with Gasteiger partial charge in [-0.3, -0.25) is 9.59 Å². The molecular weight excluding hydrogens is 284 g/mol. The molecule has 2 N–H and O–H groups in total. The molecule has 0 aromatic heterocycles. The molecule has 8 heteroatoms. The number of amides is 1. The summed E-state index contributed by atoms with van der Waals surface area (Å²) in [7, 11) is -3.06. The fraction of sp³-hybridized carbons (Fsp3) is 0.833. The van der Waals surface area contributed by atoms with Crippen molar-refractivity contribution in [2.45, 2.75) is 25.8 Å². The van der Waals surface area contributed by atoms with Gasteiger partial charge >= 0.3 is 5.97 Å². The van der Waals surface area contributed by atoms with E-state index in [9.17, 15) is 18.0 Å². The molecule has 0 spiro atoms. The monoisotopic (exact) mass is 304 g/mol. The highest BCUT2D eigenvalue weighted by atomic mass is 32.2. The molecule has 0 saturated carbocycles. The number of nitrogens with zero attached hydrogens (tertiary/aromatic N) is 1. The molecule has 114 valence electrons. The van der Waals surface area contributed by atoms with Crippen LogP contribution < -0.4 is 5.32 Å². The van der Waals surface area contributed by atoms with Gasteiger partial charge in [0, 0.05) is 32.1 Å². The SMILES string of the molecule is CC1(C(=O)O)CCN(C(=O)CC2CS(=O)(=O)CCN2)C1. The van der Waals surface area contributed by atoms with Gasteiger partial charge in [-0.15, -0.1) is 0 Å². The Hall–Kier alpha value is -1.15. The van der Waals surface area contributed by atoms with Crippen molar-refractivity contribution in [2.75, 3.05) is 31.1 Å². The minimum atomic E-state index is -3.06. The minimum absolute atomic E-state index is 0.0250. The van der Waals surface area contributed by atoms with Gasteiger partial charge in [-0.1, -0.05) is 0 Å². The van der Waals surface area contributed by atoms with Crippen LogP contribution in [0.4, 0.5) is 0 Å². The summed E-state index contributed by atoms with van der Waals surface area (Å²) in [5.41, 5.74) is -0.887. The molecule has 2 rings (SSSR count). The van der Waals surface area contributed by atoms with Gasteiger partial charge in [-0.2, -0.15) is 0 Å². The van der Waals surface area contributed by atoms with E-state index in [0.29, 0.717) is 19.5 Å². The molecule has 2 aliphatic rings. The lowest BCUT2D eigenvalue weighted by atomic mass is 9.90. The van der Waals surface area contributed by atoms with Gasteiger partial charge in [0.05, 0.1) is 16.9 Å². The zero-order chi connectivity index (χ0) is 15.0. The van der Waals surface area contributed by atoms with Crippen molar-refractivity contribution in [3.05, 3.63) is 0 Å². The summed E-state index contributed by atoms with van der Waals surface area (Å²) in [6, 6.07) is -0.363. The van der Waals surface area contributed by atoms with Crippen LogP contribution in [0.1, 0.15) is 19.8 Å². The molecule has 1 amide bonds. The smallest absolute Gasteiger partial charge is 0.311 e. The first kappa shape index (κ1) is 15.2. The highest BCUT2D eigenvalue weighted by Crippen LogP contribution is 2.30. The predicted octanol–water partition coefficient (Wildman–Crippen LogP) is -0.914. The van der Waals surface area contributed by atoms with Gasteiger partial charge in [-0.05, 0) is 13.3 Å². The first-order valence-corrected chi connectivity index (χ1v) is 8.49. The van der Waals surface area contributed by atoms with Crippen molar-refractivity contribution in [3.8, 4) is 0 Å². The maximum Gasteiger partial charge on any atom is 0.311 e. The molecule has 2 unspecified atom stereocenters. The lowest BCUT2D eigenvalue weighted by Gasteiger charge is -2.26. The number of hydrogen-bond donors (Lipinski definition) is 2. The Bertz CT molecular complexity index is 518. The van der Waals surface area contributed by atoms with E-state index in [0.717, 1.165) is 0 Å². The van der Waals surface area contributed by atoms with E-state index in [1.165, 1.54) is 4.90 Å². The number of rotatable bonds is 3. The van der Waals surface area contributed by atoms with Crippen LogP contribution in [0.5, 0.6) is 0 Å². The summed E-state index contributed by atoms with van der Waals surface area (Å²) < 4.78 is 23.0. The predicted molar refractivity (Wildman–Crippen MR) is 72.0 cm³/mol. The number of nitrogens with one attached hydrogen (secondary N) is 1. The number of carbonyl (C=O) groups is 2. The molecule has 0 aromatic rings. The largest absolute Gasteiger partial charge is 0.481 e. The van der Waals surface area contributed by atoms with Crippen molar-refractivity contribution >= 4 is 21.7 Å². The van der Waals surface area contributed by atoms with E-state index in [1.54, 1.807) is 6.92 Å². The minimum Gasteiger partial charge on any atom is -0.481 e. The number of hydrogen-bond acceptors (Lipinski definition) is 5. The summed E-state index contributed by atoms with van der Waals surface area (Å²) in [6.45, 7) is 2.61. The van der Waals surface area contributed by atoms with Crippen LogP contribution in [0.15, 0.2) is 0 Å². The standard InChI is InChI=1S/C12H20N2O5S/c1-12(11(16)17)2-4-14(8-12)10(15)6-9-7-20(18,19)5-3-13-9/h9,13H,2-8H2,1H3,(H,16,17). The van der Waals surface area contributed by atoms with Crippen molar-refractivity contribution in [1.82, 2.24) is 10.2 Å². The average Bonchev–Trinajstić information content (AvgIpc) is 2.72. The van der Waals surface area contributed by atoms with Crippen molar-refractivity contribution in [2.24, 2.45) is 5.41 Å². The molecule has 20 heavy (non-hydrogen) atoms. The maximum absolute atomic E-state index is 12.1. The van der Waals surface area contributed by atoms with Crippen LogP contribution in [0.25, 0.3) is 0 Å². The van der Waals surface area contributed by atoms with E-state index in [2.05, 4.69) is 5.32 Å². The second-order valence-corrected chi connectivity index (χ2v) is 8.13. The Balaban J connectivity index is 1.92. The van der Waals surface area contributed by atoms with Gasteiger partial charge in [0.15, 0.2) is 9.84 Å². The third-order valence-electron chi connectivity index (χ3n) is 4.06. The van der Waals surface area contributed by atoms with Gasteiger partial charge in [0.1, 0.15) is 0 Å². The molecule has 0 aromatic carbocycles. The van der Waals surface area contributed by atoms with Crippen LogP contribution in [0.3, 0.4) is 0 Å². The number of sulfone groups is 1. The number of likely N-dealkylation sites (tertiary alicyclic amines) is 1. The van der Waals surface area contributed by atoms with Gasteiger partial charge < -0.3 is 15.3 Å². The van der Waals surface area contributed by atoms with Crippen molar-refractivity contribution < 1.29 is 23.1 Å². The summed E-state index contributed by atoms with van der Waals surface area (Å²) in [5, 5.41) is 12.2. The molecule has 2 fully saturated rings. The molecule has 2 saturated heterocycles. The lowest BCUT2D eigenvalue weighted by Crippen LogP contribution is -2.47. The second-order valence-electron chi connectivity index (χ2n) is 5.90. The Morgan fingerprint density at radius 3 is 2.70 bits per heavy atom. The van der Waals surface area contributed by atoms with E-state index in [4.69, 9.17) is 5.11 Å². The van der Waals surface area contributed by atoms with Crippen LogP contribution in [-0.4, -0.2) is 67.5 Å². The average molecular weight is 304 g/mol. The fourth-order valence-corrected chi connectivity index (χ4v) is 4.13. The van der Waals surface area contributed by atoms with Crippen molar-refractivity contribution in [1.29, 1.82) is 0 Å².